The van der Waals surface area contributed by atoms with Crippen LogP contribution in [-0.4, -0.2) is 22.2 Å². The first-order valence-electron chi connectivity index (χ1n) is 13.9. The first kappa shape index (κ1) is 32.0. The van der Waals surface area contributed by atoms with Crippen LogP contribution in [0.15, 0.2) is 97.1 Å². The van der Waals surface area contributed by atoms with Crippen LogP contribution in [0.5, 0.6) is 5.75 Å². The van der Waals surface area contributed by atoms with Gasteiger partial charge < -0.3 is 14.9 Å². The third-order valence-electron chi connectivity index (χ3n) is 7.24. The molecule has 0 aliphatic heterocycles. The lowest BCUT2D eigenvalue weighted by Crippen LogP contribution is -2.11. The van der Waals surface area contributed by atoms with E-state index in [0.717, 1.165) is 17.2 Å². The molecule has 0 unspecified atom stereocenters. The number of alkyl halides is 3. The molecule has 0 aliphatic carbocycles. The molecule has 4 aromatic carbocycles. The number of aromatic carboxylic acids is 2. The van der Waals surface area contributed by atoms with Crippen LogP contribution < -0.4 is 4.74 Å². The molecule has 0 saturated heterocycles. The van der Waals surface area contributed by atoms with E-state index in [0.29, 0.717) is 31.2 Å². The minimum atomic E-state index is -4.54. The smallest absolute Gasteiger partial charge is 0.416 e. The van der Waals surface area contributed by atoms with Crippen molar-refractivity contribution in [3.63, 3.8) is 0 Å². The summed E-state index contributed by atoms with van der Waals surface area (Å²) in [6.45, 7) is -0.357. The van der Waals surface area contributed by atoms with Gasteiger partial charge in [0.15, 0.2) is 0 Å². The number of halogens is 4. The van der Waals surface area contributed by atoms with Crippen molar-refractivity contribution in [2.24, 2.45) is 5.92 Å². The summed E-state index contributed by atoms with van der Waals surface area (Å²) in [6.07, 6.45) is 1.66. The van der Waals surface area contributed by atoms with E-state index in [4.69, 9.17) is 14.9 Å². The lowest BCUT2D eigenvalue weighted by atomic mass is 9.91. The first-order valence-corrected chi connectivity index (χ1v) is 13.9. The van der Waals surface area contributed by atoms with Crippen LogP contribution in [0.4, 0.5) is 17.6 Å². The standard InChI is InChI=1S/C35H30F4O5/c36-30-19-20-32(44-22-29-3-1-2-4-31(29)35(37,38)39)28(21-30)18-13-23(5-7-24-9-14-26(15-10-24)33(40)41)6-8-25-11-16-27(17-12-25)34(42)43/h1-4,9-21,23H,5-8,22H2,(H,40,41)(H,42,43)/b18-13+. The van der Waals surface area contributed by atoms with Gasteiger partial charge in [-0.2, -0.15) is 13.2 Å². The van der Waals surface area contributed by atoms with Crippen LogP contribution in [0.1, 0.15) is 61.4 Å². The van der Waals surface area contributed by atoms with Crippen molar-refractivity contribution in [2.45, 2.75) is 38.5 Å². The molecule has 0 saturated carbocycles. The molecule has 5 nitrogen and oxygen atoms in total. The SMILES string of the molecule is O=C(O)c1ccc(CCC(/C=C/c2cc(F)ccc2OCc2ccccc2C(F)(F)F)CCc2ccc(C(=O)O)cc2)cc1. The molecule has 0 heterocycles. The normalized spacial score (nSPS) is 11.7. The van der Waals surface area contributed by atoms with Gasteiger partial charge in [0.05, 0.1) is 16.7 Å². The molecule has 0 aliphatic rings. The maximum Gasteiger partial charge on any atom is 0.416 e. The Morgan fingerprint density at radius 1 is 0.773 bits per heavy atom. The van der Waals surface area contributed by atoms with Crippen molar-refractivity contribution in [3.8, 4) is 5.75 Å². The van der Waals surface area contributed by atoms with Gasteiger partial charge in [0.2, 0.25) is 0 Å². The number of aryl methyl sites for hydroxylation is 2. The summed E-state index contributed by atoms with van der Waals surface area (Å²) in [5, 5.41) is 18.3. The van der Waals surface area contributed by atoms with E-state index in [2.05, 4.69) is 0 Å². The third-order valence-corrected chi connectivity index (χ3v) is 7.24. The average molecular weight is 607 g/mol. The van der Waals surface area contributed by atoms with E-state index in [-0.39, 0.29) is 35.0 Å². The van der Waals surface area contributed by atoms with E-state index in [9.17, 15) is 27.2 Å². The number of carbonyl (C=O) groups is 2. The van der Waals surface area contributed by atoms with Crippen molar-refractivity contribution in [2.75, 3.05) is 0 Å². The molecular weight excluding hydrogens is 576 g/mol. The van der Waals surface area contributed by atoms with Crippen molar-refractivity contribution < 1.29 is 42.1 Å². The first-order chi connectivity index (χ1) is 21.0. The van der Waals surface area contributed by atoms with Crippen LogP contribution in [0.25, 0.3) is 6.08 Å². The fourth-order valence-electron chi connectivity index (χ4n) is 4.77. The average Bonchev–Trinajstić information content (AvgIpc) is 3.00. The summed E-state index contributed by atoms with van der Waals surface area (Å²) in [6, 6.07) is 22.1. The topological polar surface area (TPSA) is 83.8 Å². The maximum absolute atomic E-state index is 14.3. The van der Waals surface area contributed by atoms with E-state index in [1.54, 1.807) is 54.6 Å². The molecule has 9 heteroatoms. The Kier molecular flexibility index (Phi) is 10.6. The molecule has 228 valence electrons. The number of benzene rings is 4. The van der Waals surface area contributed by atoms with Crippen molar-refractivity contribution in [1.29, 1.82) is 0 Å². The van der Waals surface area contributed by atoms with Gasteiger partial charge in [-0.3, -0.25) is 0 Å². The highest BCUT2D eigenvalue weighted by molar-refractivity contribution is 5.88. The summed E-state index contributed by atoms with van der Waals surface area (Å²) >= 11 is 0. The van der Waals surface area contributed by atoms with Crippen molar-refractivity contribution in [1.82, 2.24) is 0 Å². The monoisotopic (exact) mass is 606 g/mol. The van der Waals surface area contributed by atoms with E-state index in [1.165, 1.54) is 36.4 Å². The van der Waals surface area contributed by atoms with Crippen LogP contribution in [0.2, 0.25) is 0 Å². The Morgan fingerprint density at radius 3 is 1.84 bits per heavy atom. The minimum Gasteiger partial charge on any atom is -0.488 e. The summed E-state index contributed by atoms with van der Waals surface area (Å²) in [4.78, 5) is 22.4. The Balaban J connectivity index is 1.53. The highest BCUT2D eigenvalue weighted by atomic mass is 19.4. The van der Waals surface area contributed by atoms with Crippen LogP contribution in [-0.2, 0) is 25.6 Å². The quantitative estimate of drug-likeness (QED) is 0.149. The number of rotatable bonds is 13. The lowest BCUT2D eigenvalue weighted by Gasteiger charge is -2.16. The van der Waals surface area contributed by atoms with E-state index < -0.39 is 29.5 Å². The van der Waals surface area contributed by atoms with Gasteiger partial charge in [-0.05, 0) is 91.3 Å². The number of hydrogen-bond donors (Lipinski definition) is 2. The van der Waals surface area contributed by atoms with Crippen molar-refractivity contribution in [3.05, 3.63) is 142 Å². The molecule has 0 fully saturated rings. The fourth-order valence-corrected chi connectivity index (χ4v) is 4.77. The van der Waals surface area contributed by atoms with Gasteiger partial charge in [-0.25, -0.2) is 14.0 Å². The Hall–Kier alpha value is -4.92. The third kappa shape index (κ3) is 9.04. The van der Waals surface area contributed by atoms with Crippen molar-refractivity contribution >= 4 is 18.0 Å². The predicted molar refractivity (Wildman–Crippen MR) is 158 cm³/mol. The van der Waals surface area contributed by atoms with Gasteiger partial charge in [-0.1, -0.05) is 54.6 Å². The molecule has 0 bridgehead atoms. The second kappa shape index (κ2) is 14.5. The highest BCUT2D eigenvalue weighted by Crippen LogP contribution is 2.33. The molecule has 44 heavy (non-hydrogen) atoms. The molecule has 4 aromatic rings. The molecule has 0 aromatic heterocycles. The van der Waals surface area contributed by atoms with Gasteiger partial charge in [-0.15, -0.1) is 0 Å². The Labute approximate surface area is 252 Å². The number of carboxylic acid groups (broad SMARTS) is 2. The fraction of sp³-hybridized carbons (Fsp3) is 0.200. The van der Waals surface area contributed by atoms with E-state index >= 15 is 0 Å². The second-order valence-corrected chi connectivity index (χ2v) is 10.3. The minimum absolute atomic E-state index is 0.0321. The van der Waals surface area contributed by atoms with Crippen LogP contribution in [0, 0.1) is 11.7 Å². The molecule has 2 N–H and O–H groups in total. The zero-order valence-corrected chi connectivity index (χ0v) is 23.6. The largest absolute Gasteiger partial charge is 0.488 e. The van der Waals surface area contributed by atoms with E-state index in [1.807, 2.05) is 6.08 Å². The lowest BCUT2D eigenvalue weighted by molar-refractivity contribution is -0.138. The summed E-state index contributed by atoms with van der Waals surface area (Å²) in [7, 11) is 0. The Morgan fingerprint density at radius 2 is 1.32 bits per heavy atom. The predicted octanol–water partition coefficient (Wildman–Crippen LogP) is 8.71. The van der Waals surface area contributed by atoms with Gasteiger partial charge in [0, 0.05) is 11.1 Å². The van der Waals surface area contributed by atoms with Gasteiger partial charge >= 0.3 is 18.1 Å². The zero-order chi connectivity index (χ0) is 31.7. The molecule has 0 atom stereocenters. The van der Waals surface area contributed by atoms with Crippen LogP contribution >= 0.6 is 0 Å². The highest BCUT2D eigenvalue weighted by Gasteiger charge is 2.33. The molecule has 0 spiro atoms. The Bertz CT molecular complexity index is 1550. The second-order valence-electron chi connectivity index (χ2n) is 10.3. The molecule has 0 radical (unpaired) electrons. The number of carboxylic acids is 2. The summed E-state index contributed by atoms with van der Waals surface area (Å²) < 4.78 is 60.3. The number of ether oxygens (including phenoxy) is 1. The van der Waals surface area contributed by atoms with Gasteiger partial charge in [0.1, 0.15) is 18.2 Å². The van der Waals surface area contributed by atoms with Gasteiger partial charge in [0.25, 0.3) is 0 Å². The van der Waals surface area contributed by atoms with Crippen LogP contribution in [0.3, 0.4) is 0 Å². The summed E-state index contributed by atoms with van der Waals surface area (Å²) in [5.74, 6) is -2.36. The molecule has 4 rings (SSSR count). The molecular formula is C35H30F4O5. The number of hydrogen-bond acceptors (Lipinski definition) is 3. The zero-order valence-electron chi connectivity index (χ0n) is 23.6. The summed E-state index contributed by atoms with van der Waals surface area (Å²) in [5.41, 5.74) is 1.79. The number of allylic oxidation sites excluding steroid dienone is 1. The molecule has 0 amide bonds. The maximum atomic E-state index is 14.3.